The van der Waals surface area contributed by atoms with Crippen LogP contribution in [-0.2, 0) is 9.47 Å². The van der Waals surface area contributed by atoms with Crippen LogP contribution < -0.4 is 0 Å². The fraction of sp³-hybridized carbons (Fsp3) is 0.692. The van der Waals surface area contributed by atoms with Crippen LogP contribution in [0.2, 0.25) is 0 Å². The van der Waals surface area contributed by atoms with Gasteiger partial charge in [0.05, 0.1) is 6.61 Å². The van der Waals surface area contributed by atoms with Gasteiger partial charge in [0.2, 0.25) is 0 Å². The molecule has 1 aliphatic heterocycles. The predicted molar refractivity (Wildman–Crippen MR) is 60.5 cm³/mol. The van der Waals surface area contributed by atoms with Crippen molar-refractivity contribution in [3.05, 3.63) is 23.0 Å². The summed E-state index contributed by atoms with van der Waals surface area (Å²) in [4.78, 5) is 0. The van der Waals surface area contributed by atoms with Crippen molar-refractivity contribution in [2.24, 2.45) is 5.41 Å². The Hall–Kier alpha value is -0.760. The lowest BCUT2D eigenvalue weighted by atomic mass is 9.79. The van der Waals surface area contributed by atoms with Crippen LogP contribution in [0, 0.1) is 5.41 Å². The van der Waals surface area contributed by atoms with Gasteiger partial charge in [0.15, 0.2) is 0 Å². The first-order valence-electron chi connectivity index (χ1n) is 5.63. The molecule has 2 heteroatoms. The maximum atomic E-state index is 5.92. The summed E-state index contributed by atoms with van der Waals surface area (Å²) in [6.07, 6.45) is 3.71. The molecule has 1 aliphatic carbocycles. The normalized spacial score (nSPS) is 28.8. The van der Waals surface area contributed by atoms with Gasteiger partial charge in [-0.2, -0.15) is 0 Å². The molecule has 1 fully saturated rings. The number of hydrogen-bond acceptors (Lipinski definition) is 2. The Balaban J connectivity index is 2.13. The van der Waals surface area contributed by atoms with Crippen LogP contribution in [0.1, 0.15) is 34.1 Å². The predicted octanol–water partition coefficient (Wildman–Crippen LogP) is 3.05. The number of ether oxygens (including phenoxy) is 2. The minimum atomic E-state index is 0.137. The lowest BCUT2D eigenvalue weighted by Gasteiger charge is -2.32. The maximum absolute atomic E-state index is 5.92. The third-order valence-corrected chi connectivity index (χ3v) is 3.28. The standard InChI is InChI=1S/C13H20O2/c1-9-5-6-13(3,4)12(10(9)2)15-8-11-7-14-11/h5,11H,6-8H2,1-4H3. The highest BCUT2D eigenvalue weighted by Gasteiger charge is 2.32. The van der Waals surface area contributed by atoms with Gasteiger partial charge in [-0.3, -0.25) is 0 Å². The maximum Gasteiger partial charge on any atom is 0.116 e. The second kappa shape index (κ2) is 3.67. The SMILES string of the molecule is CC1=CCC(C)(C)C(OCC2CO2)=C1C. The van der Waals surface area contributed by atoms with Crippen molar-refractivity contribution >= 4 is 0 Å². The lowest BCUT2D eigenvalue weighted by Crippen LogP contribution is -2.22. The number of rotatable bonds is 3. The summed E-state index contributed by atoms with van der Waals surface area (Å²) >= 11 is 0. The van der Waals surface area contributed by atoms with Crippen molar-refractivity contribution in [1.82, 2.24) is 0 Å². The molecule has 0 bridgehead atoms. The third kappa shape index (κ3) is 2.25. The Labute approximate surface area is 92.0 Å². The van der Waals surface area contributed by atoms with E-state index in [2.05, 4.69) is 33.8 Å². The highest BCUT2D eigenvalue weighted by molar-refractivity contribution is 5.36. The van der Waals surface area contributed by atoms with Gasteiger partial charge in [-0.1, -0.05) is 19.9 Å². The first-order valence-corrected chi connectivity index (χ1v) is 5.63. The van der Waals surface area contributed by atoms with Crippen LogP contribution in [0.3, 0.4) is 0 Å². The fourth-order valence-electron chi connectivity index (χ4n) is 1.98. The Kier molecular flexibility index (Phi) is 2.63. The summed E-state index contributed by atoms with van der Waals surface area (Å²) in [7, 11) is 0. The molecule has 0 spiro atoms. The second-order valence-corrected chi connectivity index (χ2v) is 5.20. The molecule has 0 aromatic heterocycles. The number of hydrogen-bond donors (Lipinski definition) is 0. The smallest absolute Gasteiger partial charge is 0.116 e. The van der Waals surface area contributed by atoms with E-state index in [9.17, 15) is 0 Å². The number of allylic oxidation sites excluding steroid dienone is 4. The van der Waals surface area contributed by atoms with Crippen LogP contribution in [0.4, 0.5) is 0 Å². The van der Waals surface area contributed by atoms with Gasteiger partial charge in [-0.05, 0) is 31.4 Å². The van der Waals surface area contributed by atoms with Crippen molar-refractivity contribution in [3.8, 4) is 0 Å². The van der Waals surface area contributed by atoms with E-state index in [0.717, 1.165) is 18.8 Å². The quantitative estimate of drug-likeness (QED) is 0.665. The van der Waals surface area contributed by atoms with Crippen LogP contribution in [0.5, 0.6) is 0 Å². The molecule has 0 saturated carbocycles. The molecule has 84 valence electrons. The second-order valence-electron chi connectivity index (χ2n) is 5.20. The van der Waals surface area contributed by atoms with Gasteiger partial charge in [0.1, 0.15) is 18.5 Å². The molecule has 1 unspecified atom stereocenters. The first-order chi connectivity index (χ1) is 7.00. The molecule has 0 radical (unpaired) electrons. The summed E-state index contributed by atoms with van der Waals surface area (Å²) in [5.74, 6) is 1.15. The molecule has 2 aliphatic rings. The summed E-state index contributed by atoms with van der Waals surface area (Å²) in [6, 6.07) is 0. The van der Waals surface area contributed by atoms with Crippen molar-refractivity contribution in [2.45, 2.75) is 40.2 Å². The number of epoxide rings is 1. The highest BCUT2D eigenvalue weighted by atomic mass is 16.6. The van der Waals surface area contributed by atoms with E-state index < -0.39 is 0 Å². The van der Waals surface area contributed by atoms with Crippen molar-refractivity contribution in [3.63, 3.8) is 0 Å². The van der Waals surface area contributed by atoms with E-state index in [1.807, 2.05) is 0 Å². The van der Waals surface area contributed by atoms with Gasteiger partial charge in [-0.15, -0.1) is 0 Å². The Morgan fingerprint density at radius 1 is 1.47 bits per heavy atom. The van der Waals surface area contributed by atoms with Crippen LogP contribution in [0.25, 0.3) is 0 Å². The Morgan fingerprint density at radius 2 is 2.13 bits per heavy atom. The molecule has 0 aromatic rings. The summed E-state index contributed by atoms with van der Waals surface area (Å²) < 4.78 is 11.1. The van der Waals surface area contributed by atoms with Gasteiger partial charge in [0.25, 0.3) is 0 Å². The zero-order chi connectivity index (χ0) is 11.1. The lowest BCUT2D eigenvalue weighted by molar-refractivity contribution is 0.123. The molecular weight excluding hydrogens is 188 g/mol. The summed E-state index contributed by atoms with van der Waals surface area (Å²) in [6.45, 7) is 10.4. The van der Waals surface area contributed by atoms with Gasteiger partial charge in [-0.25, -0.2) is 0 Å². The van der Waals surface area contributed by atoms with Gasteiger partial charge in [0, 0.05) is 5.41 Å². The monoisotopic (exact) mass is 208 g/mol. The average Bonchev–Trinajstić information content (AvgIpc) is 2.95. The summed E-state index contributed by atoms with van der Waals surface area (Å²) in [5.41, 5.74) is 2.78. The zero-order valence-corrected chi connectivity index (χ0v) is 10.1. The van der Waals surface area contributed by atoms with Crippen molar-refractivity contribution in [2.75, 3.05) is 13.2 Å². The largest absolute Gasteiger partial charge is 0.494 e. The van der Waals surface area contributed by atoms with E-state index in [1.165, 1.54) is 11.1 Å². The highest BCUT2D eigenvalue weighted by Crippen LogP contribution is 2.40. The van der Waals surface area contributed by atoms with Gasteiger partial charge < -0.3 is 9.47 Å². The Bertz CT molecular complexity index is 319. The molecule has 1 saturated heterocycles. The van der Waals surface area contributed by atoms with Crippen LogP contribution in [0.15, 0.2) is 23.0 Å². The zero-order valence-electron chi connectivity index (χ0n) is 10.1. The first kappa shape index (κ1) is 10.7. The Morgan fingerprint density at radius 3 is 2.73 bits per heavy atom. The van der Waals surface area contributed by atoms with E-state index in [0.29, 0.717) is 12.7 Å². The topological polar surface area (TPSA) is 21.8 Å². The van der Waals surface area contributed by atoms with E-state index >= 15 is 0 Å². The third-order valence-electron chi connectivity index (χ3n) is 3.28. The van der Waals surface area contributed by atoms with E-state index in [1.54, 1.807) is 0 Å². The molecule has 0 amide bonds. The molecule has 2 rings (SSSR count). The minimum Gasteiger partial charge on any atom is -0.494 e. The van der Waals surface area contributed by atoms with E-state index in [-0.39, 0.29) is 5.41 Å². The molecule has 1 heterocycles. The van der Waals surface area contributed by atoms with Crippen LogP contribution in [-0.4, -0.2) is 19.3 Å². The van der Waals surface area contributed by atoms with Crippen molar-refractivity contribution in [1.29, 1.82) is 0 Å². The molecule has 1 atom stereocenters. The molecule has 0 aromatic carbocycles. The summed E-state index contributed by atoms with van der Waals surface area (Å²) in [5, 5.41) is 0. The molecule has 15 heavy (non-hydrogen) atoms. The molecule has 0 N–H and O–H groups in total. The van der Waals surface area contributed by atoms with Crippen LogP contribution >= 0.6 is 0 Å². The van der Waals surface area contributed by atoms with E-state index in [4.69, 9.17) is 9.47 Å². The molecular formula is C13H20O2. The van der Waals surface area contributed by atoms with Gasteiger partial charge >= 0.3 is 0 Å². The van der Waals surface area contributed by atoms with Crippen molar-refractivity contribution < 1.29 is 9.47 Å². The molecule has 2 nitrogen and oxygen atoms in total. The minimum absolute atomic E-state index is 0.137. The fourth-order valence-corrected chi connectivity index (χ4v) is 1.98. The average molecular weight is 208 g/mol.